The lowest BCUT2D eigenvalue weighted by atomic mass is 9.88. The number of nitrogens with one attached hydrogen (secondary N) is 2. The number of hydrogen-bond donors (Lipinski definition) is 2. The summed E-state index contributed by atoms with van der Waals surface area (Å²) in [6, 6.07) is 13.4. The van der Waals surface area contributed by atoms with E-state index in [1.807, 2.05) is 43.9 Å². The Balaban J connectivity index is 1.59. The smallest absolute Gasteiger partial charge is 0.264 e. The van der Waals surface area contributed by atoms with Crippen molar-refractivity contribution in [3.8, 4) is 17.1 Å². The van der Waals surface area contributed by atoms with E-state index in [-0.39, 0.29) is 64.8 Å². The molecule has 1 aromatic heterocycles. The Labute approximate surface area is 266 Å². The van der Waals surface area contributed by atoms with Crippen molar-refractivity contribution in [1.82, 2.24) is 20.2 Å². The summed E-state index contributed by atoms with van der Waals surface area (Å²) in [4.78, 5) is 37.3. The molecular formula is C34H43N5O5S. The van der Waals surface area contributed by atoms with Gasteiger partial charge in [-0.2, -0.15) is 4.98 Å². The third-order valence-electron chi connectivity index (χ3n) is 8.63. The van der Waals surface area contributed by atoms with Gasteiger partial charge in [-0.15, -0.1) is 0 Å². The van der Waals surface area contributed by atoms with E-state index in [0.717, 1.165) is 29.5 Å². The summed E-state index contributed by atoms with van der Waals surface area (Å²) in [6.07, 6.45) is 4.04. The first kappa shape index (κ1) is 32.4. The molecule has 1 atom stereocenters. The van der Waals surface area contributed by atoms with Gasteiger partial charge in [-0.25, -0.2) is 18.1 Å². The molecule has 2 aliphatic rings. The predicted molar refractivity (Wildman–Crippen MR) is 174 cm³/mol. The van der Waals surface area contributed by atoms with Crippen molar-refractivity contribution >= 4 is 27.8 Å². The first-order chi connectivity index (χ1) is 21.4. The lowest BCUT2D eigenvalue weighted by Crippen LogP contribution is -2.52. The molecule has 11 heteroatoms. The lowest BCUT2D eigenvalue weighted by Gasteiger charge is -2.42. The Morgan fingerprint density at radius 2 is 1.73 bits per heavy atom. The van der Waals surface area contributed by atoms with Crippen LogP contribution in [0.1, 0.15) is 80.8 Å². The number of aryl methyl sites for hydroxylation is 2. The number of rotatable bonds is 6. The van der Waals surface area contributed by atoms with Gasteiger partial charge in [-0.1, -0.05) is 45.0 Å². The van der Waals surface area contributed by atoms with Crippen LogP contribution in [0.25, 0.3) is 11.3 Å². The van der Waals surface area contributed by atoms with Gasteiger partial charge in [0.1, 0.15) is 6.61 Å². The zero-order valence-corrected chi connectivity index (χ0v) is 27.5. The molecule has 0 spiro atoms. The largest absolute Gasteiger partial charge is 0.475 e. The summed E-state index contributed by atoms with van der Waals surface area (Å²) < 4.78 is 36.1. The third kappa shape index (κ3) is 7.46. The number of amides is 2. The molecule has 0 saturated heterocycles. The van der Waals surface area contributed by atoms with Gasteiger partial charge in [0.15, 0.2) is 0 Å². The molecule has 0 unspecified atom stereocenters. The van der Waals surface area contributed by atoms with Crippen LogP contribution in [0.15, 0.2) is 53.4 Å². The summed E-state index contributed by atoms with van der Waals surface area (Å²) in [5, 5.41) is 3.10. The second-order valence-corrected chi connectivity index (χ2v) is 14.2. The number of carbonyl (C=O) groups excluding carboxylic acids is 2. The number of nitrogens with zero attached hydrogens (tertiary/aromatic N) is 3. The van der Waals surface area contributed by atoms with Crippen molar-refractivity contribution in [2.45, 2.75) is 96.2 Å². The minimum absolute atomic E-state index is 0.0269. The summed E-state index contributed by atoms with van der Waals surface area (Å²) in [6.45, 7) is 10.2. The Hall–Kier alpha value is -3.99. The fourth-order valence-corrected chi connectivity index (χ4v) is 7.45. The highest BCUT2D eigenvalue weighted by Crippen LogP contribution is 2.32. The van der Waals surface area contributed by atoms with E-state index in [1.54, 1.807) is 18.2 Å². The average molecular weight is 634 g/mol. The van der Waals surface area contributed by atoms with Gasteiger partial charge < -0.3 is 15.0 Å². The van der Waals surface area contributed by atoms with Crippen LogP contribution in [-0.4, -0.2) is 59.8 Å². The minimum atomic E-state index is -4.14. The molecule has 1 aliphatic heterocycles. The van der Waals surface area contributed by atoms with Gasteiger partial charge in [0.05, 0.1) is 16.6 Å². The van der Waals surface area contributed by atoms with E-state index in [0.29, 0.717) is 31.4 Å². The van der Waals surface area contributed by atoms with Crippen molar-refractivity contribution in [3.05, 3.63) is 65.2 Å². The molecule has 2 heterocycles. The molecule has 5 rings (SSSR count). The molecule has 240 valence electrons. The monoisotopic (exact) mass is 633 g/mol. The first-order valence-electron chi connectivity index (χ1n) is 15.8. The molecule has 2 N–H and O–H groups in total. The molecule has 1 fully saturated rings. The zero-order valence-electron chi connectivity index (χ0n) is 26.7. The Bertz CT molecular complexity index is 1650. The van der Waals surface area contributed by atoms with Crippen LogP contribution in [-0.2, 0) is 14.8 Å². The van der Waals surface area contributed by atoms with E-state index in [4.69, 9.17) is 4.74 Å². The van der Waals surface area contributed by atoms with Gasteiger partial charge in [0, 0.05) is 35.7 Å². The number of benzene rings is 2. The van der Waals surface area contributed by atoms with Crippen molar-refractivity contribution in [1.29, 1.82) is 0 Å². The maximum Gasteiger partial charge on any atom is 0.264 e. The molecule has 45 heavy (non-hydrogen) atoms. The second kappa shape index (κ2) is 13.6. The lowest BCUT2D eigenvalue weighted by molar-refractivity contribution is -0.121. The van der Waals surface area contributed by atoms with Crippen molar-refractivity contribution < 1.29 is 22.7 Å². The highest BCUT2D eigenvalue weighted by atomic mass is 32.2. The van der Waals surface area contributed by atoms with E-state index < -0.39 is 10.0 Å². The van der Waals surface area contributed by atoms with Gasteiger partial charge in [-0.05, 0) is 81.2 Å². The van der Waals surface area contributed by atoms with E-state index in [1.165, 1.54) is 12.1 Å². The second-order valence-electron chi connectivity index (χ2n) is 12.5. The van der Waals surface area contributed by atoms with E-state index in [9.17, 15) is 18.0 Å². The maximum atomic E-state index is 14.4. The number of sulfonamides is 1. The molecule has 2 aromatic carbocycles. The zero-order chi connectivity index (χ0) is 32.3. The standard InChI is InChI=1S/C34H43N5O5S/c1-6-30(40)35-25-13-15-26(16-14-25)39-27(17-21(2)3)20-44-31-19-29(32-22(4)9-7-10-23(32)5)36-34(37-31)38-45(42,43)28-12-8-11-24(18-28)33(39)41/h7-12,18-19,21,25-27H,6,13-17,20H2,1-5H3,(H,35,40)(H,36,37,38)/t25?,26?,27-/m1/s1. The molecule has 3 aromatic rings. The topological polar surface area (TPSA) is 131 Å². The van der Waals surface area contributed by atoms with Crippen LogP contribution >= 0.6 is 0 Å². The molecule has 0 radical (unpaired) electrons. The number of hydrogen-bond acceptors (Lipinski definition) is 7. The normalized spacial score (nSPS) is 21.5. The molecule has 2 amide bonds. The number of aromatic nitrogens is 2. The van der Waals surface area contributed by atoms with Gasteiger partial charge in [-0.3, -0.25) is 9.59 Å². The Kier molecular flexibility index (Phi) is 9.76. The fraction of sp³-hybridized carbons (Fsp3) is 0.471. The van der Waals surface area contributed by atoms with Crippen LogP contribution in [0.2, 0.25) is 0 Å². The van der Waals surface area contributed by atoms with Crippen molar-refractivity contribution in [3.63, 3.8) is 0 Å². The van der Waals surface area contributed by atoms with Crippen LogP contribution in [0.3, 0.4) is 0 Å². The number of fused-ring (bicyclic) bond motifs is 4. The Morgan fingerprint density at radius 3 is 2.40 bits per heavy atom. The highest BCUT2D eigenvalue weighted by molar-refractivity contribution is 7.92. The van der Waals surface area contributed by atoms with Crippen LogP contribution in [0, 0.1) is 19.8 Å². The number of anilines is 1. The fourth-order valence-electron chi connectivity index (χ4n) is 6.46. The van der Waals surface area contributed by atoms with Crippen LogP contribution < -0.4 is 14.8 Å². The molecule has 4 bridgehead atoms. The summed E-state index contributed by atoms with van der Waals surface area (Å²) in [5.41, 5.74) is 3.67. The third-order valence-corrected chi connectivity index (χ3v) is 9.95. The number of carbonyl (C=O) groups is 2. The Morgan fingerprint density at radius 1 is 1.04 bits per heavy atom. The molecule has 1 aliphatic carbocycles. The minimum Gasteiger partial charge on any atom is -0.475 e. The predicted octanol–water partition coefficient (Wildman–Crippen LogP) is 5.65. The number of ether oxygens (including phenoxy) is 1. The van der Waals surface area contributed by atoms with Crippen LogP contribution in [0.5, 0.6) is 5.88 Å². The van der Waals surface area contributed by atoms with Gasteiger partial charge in [0.25, 0.3) is 15.9 Å². The molecule has 1 saturated carbocycles. The van der Waals surface area contributed by atoms with E-state index >= 15 is 0 Å². The molecular weight excluding hydrogens is 590 g/mol. The summed E-state index contributed by atoms with van der Waals surface area (Å²) >= 11 is 0. The van der Waals surface area contributed by atoms with Crippen LogP contribution in [0.4, 0.5) is 5.95 Å². The van der Waals surface area contributed by atoms with E-state index in [2.05, 4.69) is 33.9 Å². The summed E-state index contributed by atoms with van der Waals surface area (Å²) in [5.74, 6) is 0.156. The van der Waals surface area contributed by atoms with Gasteiger partial charge in [0.2, 0.25) is 17.7 Å². The van der Waals surface area contributed by atoms with Crippen molar-refractivity contribution in [2.24, 2.45) is 5.92 Å². The maximum absolute atomic E-state index is 14.4. The summed E-state index contributed by atoms with van der Waals surface area (Å²) in [7, 11) is -4.14. The van der Waals surface area contributed by atoms with Gasteiger partial charge >= 0.3 is 0 Å². The first-order valence-corrected chi connectivity index (χ1v) is 17.3. The highest BCUT2D eigenvalue weighted by Gasteiger charge is 2.36. The van der Waals surface area contributed by atoms with Crippen molar-refractivity contribution in [2.75, 3.05) is 11.3 Å². The SMILES string of the molecule is CCC(=O)NC1CCC(N2C(=O)c3cccc(c3)S(=O)(=O)Nc3nc(cc(-c4c(C)cccc4C)n3)OC[C@H]2CC(C)C)CC1. The average Bonchev–Trinajstić information content (AvgIpc) is 3.00. The molecule has 10 nitrogen and oxygen atoms in total. The quantitative estimate of drug-likeness (QED) is 0.359.